The molecule has 0 fully saturated rings. The van der Waals surface area contributed by atoms with Crippen molar-refractivity contribution < 1.29 is 14.4 Å². The minimum atomic E-state index is -0.781. The van der Waals surface area contributed by atoms with Gasteiger partial charge in [-0.2, -0.15) is 5.10 Å². The minimum absolute atomic E-state index is 0.0598. The lowest BCUT2D eigenvalue weighted by Gasteiger charge is -2.20. The number of amides is 1. The highest BCUT2D eigenvalue weighted by Crippen LogP contribution is 2.25. The average molecular weight is 380 g/mol. The average Bonchev–Trinajstić information content (AvgIpc) is 3.24. The number of benzene rings is 1. The maximum absolute atomic E-state index is 13.1. The molecule has 3 heterocycles. The molecule has 0 spiro atoms. The molecule has 1 atom stereocenters. The summed E-state index contributed by atoms with van der Waals surface area (Å²) in [7, 11) is 0. The van der Waals surface area contributed by atoms with Gasteiger partial charge in [-0.25, -0.2) is 0 Å². The standard InChI is InChI=1S/C21H24N4O3/c1-3-17-19(14(2)28-23-17)21(27)24-10-7-11-25-16(13-24)12-18(22-25)20(26)15-8-5-4-6-9-15/h4-6,8-9,12,20,26H,3,7,10-11,13H2,1-2H3/t20-/m1/s1. The van der Waals surface area contributed by atoms with Gasteiger partial charge in [-0.05, 0) is 31.4 Å². The number of aromatic nitrogens is 3. The molecule has 28 heavy (non-hydrogen) atoms. The minimum Gasteiger partial charge on any atom is -0.382 e. The van der Waals surface area contributed by atoms with Crippen molar-refractivity contribution in [1.29, 1.82) is 0 Å². The largest absolute Gasteiger partial charge is 0.382 e. The van der Waals surface area contributed by atoms with E-state index in [9.17, 15) is 9.90 Å². The number of aliphatic hydroxyl groups is 1. The van der Waals surface area contributed by atoms with Crippen LogP contribution in [0.2, 0.25) is 0 Å². The second-order valence-corrected chi connectivity index (χ2v) is 7.09. The van der Waals surface area contributed by atoms with Crippen molar-refractivity contribution in [2.45, 2.75) is 45.9 Å². The molecule has 0 saturated heterocycles. The first kappa shape index (κ1) is 18.4. The second kappa shape index (κ2) is 7.59. The first-order valence-corrected chi connectivity index (χ1v) is 9.62. The summed E-state index contributed by atoms with van der Waals surface area (Å²) in [4.78, 5) is 15.0. The van der Waals surface area contributed by atoms with Gasteiger partial charge in [-0.3, -0.25) is 9.48 Å². The number of carbonyl (C=O) groups excluding carboxylic acids is 1. The third-order valence-electron chi connectivity index (χ3n) is 5.20. The molecule has 0 radical (unpaired) electrons. The van der Waals surface area contributed by atoms with Crippen molar-refractivity contribution in [3.63, 3.8) is 0 Å². The van der Waals surface area contributed by atoms with Crippen LogP contribution >= 0.6 is 0 Å². The van der Waals surface area contributed by atoms with Crippen LogP contribution in [-0.2, 0) is 19.5 Å². The van der Waals surface area contributed by atoms with Gasteiger partial charge in [-0.15, -0.1) is 0 Å². The lowest BCUT2D eigenvalue weighted by molar-refractivity contribution is 0.0743. The molecule has 2 aromatic heterocycles. The molecule has 1 aliphatic heterocycles. The number of aliphatic hydroxyl groups excluding tert-OH is 1. The molecule has 146 valence electrons. The van der Waals surface area contributed by atoms with Crippen molar-refractivity contribution >= 4 is 5.91 Å². The summed E-state index contributed by atoms with van der Waals surface area (Å²) in [6.45, 7) is 5.54. The molecule has 0 saturated carbocycles. The predicted octanol–water partition coefficient (Wildman–Crippen LogP) is 2.87. The van der Waals surface area contributed by atoms with Crippen molar-refractivity contribution in [2.75, 3.05) is 6.54 Å². The monoisotopic (exact) mass is 380 g/mol. The third-order valence-corrected chi connectivity index (χ3v) is 5.20. The van der Waals surface area contributed by atoms with Crippen LogP contribution in [-0.4, -0.2) is 37.4 Å². The van der Waals surface area contributed by atoms with Crippen molar-refractivity contribution in [2.24, 2.45) is 0 Å². The summed E-state index contributed by atoms with van der Waals surface area (Å²) in [6.07, 6.45) is 0.668. The normalized spacial score (nSPS) is 15.2. The van der Waals surface area contributed by atoms with Crippen LogP contribution in [0, 0.1) is 6.92 Å². The second-order valence-electron chi connectivity index (χ2n) is 7.09. The smallest absolute Gasteiger partial charge is 0.259 e. The molecule has 1 aromatic carbocycles. The topological polar surface area (TPSA) is 84.4 Å². The van der Waals surface area contributed by atoms with Crippen LogP contribution in [0.4, 0.5) is 0 Å². The Kier molecular flexibility index (Phi) is 5.00. The van der Waals surface area contributed by atoms with Gasteiger partial charge in [0.05, 0.1) is 23.6 Å². The lowest BCUT2D eigenvalue weighted by Crippen LogP contribution is -2.31. The number of carbonyl (C=O) groups is 1. The van der Waals surface area contributed by atoms with E-state index in [1.807, 2.05) is 52.9 Å². The molecule has 0 unspecified atom stereocenters. The molecule has 7 nitrogen and oxygen atoms in total. The van der Waals surface area contributed by atoms with E-state index in [2.05, 4.69) is 10.3 Å². The summed E-state index contributed by atoms with van der Waals surface area (Å²) in [5.41, 5.74) is 3.59. The van der Waals surface area contributed by atoms with E-state index in [1.54, 1.807) is 6.92 Å². The first-order valence-electron chi connectivity index (χ1n) is 9.62. The van der Waals surface area contributed by atoms with Gasteiger partial charge >= 0.3 is 0 Å². The van der Waals surface area contributed by atoms with Crippen LogP contribution in [0.5, 0.6) is 0 Å². The Morgan fingerprint density at radius 2 is 2.07 bits per heavy atom. The number of aryl methyl sites for hydroxylation is 3. The van der Waals surface area contributed by atoms with E-state index < -0.39 is 6.10 Å². The van der Waals surface area contributed by atoms with E-state index in [0.717, 1.165) is 17.7 Å². The summed E-state index contributed by atoms with van der Waals surface area (Å²) in [5, 5.41) is 19.3. The molecule has 1 aliphatic rings. The molecule has 1 amide bonds. The predicted molar refractivity (Wildman–Crippen MR) is 103 cm³/mol. The fourth-order valence-electron chi connectivity index (χ4n) is 3.69. The van der Waals surface area contributed by atoms with Crippen molar-refractivity contribution in [1.82, 2.24) is 19.8 Å². The van der Waals surface area contributed by atoms with Gasteiger partial charge in [0.1, 0.15) is 17.4 Å². The summed E-state index contributed by atoms with van der Waals surface area (Å²) >= 11 is 0. The van der Waals surface area contributed by atoms with Crippen LogP contribution < -0.4 is 0 Å². The van der Waals surface area contributed by atoms with Crippen molar-refractivity contribution in [3.8, 4) is 0 Å². The zero-order chi connectivity index (χ0) is 19.7. The van der Waals surface area contributed by atoms with Gasteiger partial charge in [0.15, 0.2) is 0 Å². The van der Waals surface area contributed by atoms with Gasteiger partial charge in [-0.1, -0.05) is 42.4 Å². The number of fused-ring (bicyclic) bond motifs is 1. The van der Waals surface area contributed by atoms with Crippen LogP contribution in [0.15, 0.2) is 40.9 Å². The Hall–Kier alpha value is -2.93. The lowest BCUT2D eigenvalue weighted by atomic mass is 10.1. The maximum Gasteiger partial charge on any atom is 0.259 e. The van der Waals surface area contributed by atoms with E-state index in [1.165, 1.54) is 0 Å². The van der Waals surface area contributed by atoms with E-state index in [4.69, 9.17) is 4.52 Å². The Labute approximate surface area is 163 Å². The number of hydrogen-bond acceptors (Lipinski definition) is 5. The summed E-state index contributed by atoms with van der Waals surface area (Å²) in [5.74, 6) is 0.496. The summed E-state index contributed by atoms with van der Waals surface area (Å²) in [6, 6.07) is 11.4. The van der Waals surface area contributed by atoms with Crippen molar-refractivity contribution in [3.05, 3.63) is 70.4 Å². The van der Waals surface area contributed by atoms with Gasteiger partial charge in [0, 0.05) is 13.1 Å². The fraction of sp³-hybridized carbons (Fsp3) is 0.381. The fourth-order valence-corrected chi connectivity index (χ4v) is 3.69. The number of nitrogens with zero attached hydrogens (tertiary/aromatic N) is 4. The van der Waals surface area contributed by atoms with Crippen LogP contribution in [0.25, 0.3) is 0 Å². The summed E-state index contributed by atoms with van der Waals surface area (Å²) < 4.78 is 7.13. The Morgan fingerprint density at radius 3 is 2.82 bits per heavy atom. The van der Waals surface area contributed by atoms with E-state index >= 15 is 0 Å². The zero-order valence-electron chi connectivity index (χ0n) is 16.1. The van der Waals surface area contributed by atoms with E-state index in [-0.39, 0.29) is 5.91 Å². The molecular weight excluding hydrogens is 356 g/mol. The third kappa shape index (κ3) is 3.33. The first-order chi connectivity index (χ1) is 13.6. The Morgan fingerprint density at radius 1 is 1.29 bits per heavy atom. The zero-order valence-corrected chi connectivity index (χ0v) is 16.1. The number of rotatable bonds is 4. The van der Waals surface area contributed by atoms with E-state index in [0.29, 0.717) is 48.8 Å². The Balaban J connectivity index is 1.59. The maximum atomic E-state index is 13.1. The highest BCUT2D eigenvalue weighted by atomic mass is 16.5. The van der Waals surface area contributed by atoms with Crippen LogP contribution in [0.3, 0.4) is 0 Å². The molecule has 0 aliphatic carbocycles. The van der Waals surface area contributed by atoms with Gasteiger partial charge in [0.2, 0.25) is 0 Å². The van der Waals surface area contributed by atoms with Crippen LogP contribution in [0.1, 0.15) is 58.2 Å². The number of hydrogen-bond donors (Lipinski definition) is 1. The highest BCUT2D eigenvalue weighted by molar-refractivity contribution is 5.96. The highest BCUT2D eigenvalue weighted by Gasteiger charge is 2.27. The molecule has 4 rings (SSSR count). The quantitative estimate of drug-likeness (QED) is 0.752. The molecule has 1 N–H and O–H groups in total. The molecule has 3 aromatic rings. The van der Waals surface area contributed by atoms with Gasteiger partial charge < -0.3 is 14.5 Å². The molecule has 7 heteroatoms. The molecule has 0 bridgehead atoms. The van der Waals surface area contributed by atoms with Gasteiger partial charge in [0.25, 0.3) is 5.91 Å². The Bertz CT molecular complexity index is 977. The SMILES string of the molecule is CCc1noc(C)c1C(=O)N1CCCn2nc([C@H](O)c3ccccc3)cc2C1. The molecular formula is C21H24N4O3.